The third-order valence-corrected chi connectivity index (χ3v) is 2.92. The molecule has 0 aliphatic heterocycles. The third-order valence-electron chi connectivity index (χ3n) is 2.92. The lowest BCUT2D eigenvalue weighted by Crippen LogP contribution is -2.36. The SMILES string of the molecule is CC(C)(C)[C@H](N)C[C@@H](O)c1ccc(F)c(F)c1. The molecule has 0 fully saturated rings. The van der Waals surface area contributed by atoms with Gasteiger partial charge in [-0.15, -0.1) is 0 Å². The van der Waals surface area contributed by atoms with Gasteiger partial charge in [0, 0.05) is 6.04 Å². The van der Waals surface area contributed by atoms with Gasteiger partial charge < -0.3 is 10.8 Å². The van der Waals surface area contributed by atoms with Crippen molar-refractivity contribution in [2.45, 2.75) is 39.3 Å². The molecule has 0 aliphatic rings. The summed E-state index contributed by atoms with van der Waals surface area (Å²) in [5.74, 6) is -1.87. The summed E-state index contributed by atoms with van der Waals surface area (Å²) in [5.41, 5.74) is 6.14. The molecule has 2 nitrogen and oxygen atoms in total. The van der Waals surface area contributed by atoms with E-state index in [0.29, 0.717) is 12.0 Å². The minimum absolute atomic E-state index is 0.139. The predicted octanol–water partition coefficient (Wildman–Crippen LogP) is 2.76. The quantitative estimate of drug-likeness (QED) is 0.857. The monoisotopic (exact) mass is 243 g/mol. The first-order valence-corrected chi connectivity index (χ1v) is 5.60. The van der Waals surface area contributed by atoms with Crippen molar-refractivity contribution >= 4 is 0 Å². The zero-order chi connectivity index (χ0) is 13.2. The Bertz CT molecular complexity index is 387. The first-order chi connectivity index (χ1) is 7.71. The van der Waals surface area contributed by atoms with E-state index in [-0.39, 0.29) is 11.5 Å². The molecule has 0 aliphatic carbocycles. The standard InChI is InChI=1S/C13H19F2NO/c1-13(2,3)12(16)7-11(17)8-4-5-9(14)10(15)6-8/h4-6,11-12,17H,7,16H2,1-3H3/t11-,12-/m1/s1. The van der Waals surface area contributed by atoms with Crippen LogP contribution in [0.4, 0.5) is 8.78 Å². The highest BCUT2D eigenvalue weighted by Crippen LogP contribution is 2.27. The van der Waals surface area contributed by atoms with E-state index in [9.17, 15) is 13.9 Å². The Morgan fingerprint density at radius 1 is 1.24 bits per heavy atom. The highest BCUT2D eigenvalue weighted by molar-refractivity contribution is 5.20. The van der Waals surface area contributed by atoms with Crippen molar-refractivity contribution in [2.75, 3.05) is 0 Å². The highest BCUT2D eigenvalue weighted by atomic mass is 19.2. The zero-order valence-electron chi connectivity index (χ0n) is 10.4. The smallest absolute Gasteiger partial charge is 0.159 e. The number of aliphatic hydroxyl groups excluding tert-OH is 1. The fourth-order valence-electron chi connectivity index (χ4n) is 1.45. The average molecular weight is 243 g/mol. The van der Waals surface area contributed by atoms with Gasteiger partial charge in [-0.25, -0.2) is 8.78 Å². The van der Waals surface area contributed by atoms with Crippen LogP contribution in [-0.4, -0.2) is 11.1 Å². The van der Waals surface area contributed by atoms with E-state index in [1.54, 1.807) is 0 Å². The van der Waals surface area contributed by atoms with Crippen LogP contribution in [0.5, 0.6) is 0 Å². The molecule has 1 aromatic rings. The summed E-state index contributed by atoms with van der Waals surface area (Å²) in [6.45, 7) is 5.90. The molecule has 1 rings (SSSR count). The van der Waals surface area contributed by atoms with Crippen molar-refractivity contribution in [2.24, 2.45) is 11.1 Å². The number of rotatable bonds is 3. The number of hydrogen-bond donors (Lipinski definition) is 2. The lowest BCUT2D eigenvalue weighted by Gasteiger charge is -2.29. The van der Waals surface area contributed by atoms with Crippen LogP contribution in [0.1, 0.15) is 38.9 Å². The summed E-state index contributed by atoms with van der Waals surface area (Å²) >= 11 is 0. The molecule has 2 atom stereocenters. The average Bonchev–Trinajstić information content (AvgIpc) is 2.20. The van der Waals surface area contributed by atoms with Crippen molar-refractivity contribution < 1.29 is 13.9 Å². The Morgan fingerprint density at radius 3 is 2.29 bits per heavy atom. The molecule has 0 radical (unpaired) electrons. The van der Waals surface area contributed by atoms with Crippen LogP contribution in [0.15, 0.2) is 18.2 Å². The van der Waals surface area contributed by atoms with Crippen molar-refractivity contribution in [1.29, 1.82) is 0 Å². The number of benzene rings is 1. The van der Waals surface area contributed by atoms with Gasteiger partial charge in [0.1, 0.15) is 0 Å². The topological polar surface area (TPSA) is 46.2 Å². The fraction of sp³-hybridized carbons (Fsp3) is 0.538. The van der Waals surface area contributed by atoms with Gasteiger partial charge in [-0.1, -0.05) is 26.8 Å². The molecule has 1 aromatic carbocycles. The zero-order valence-corrected chi connectivity index (χ0v) is 10.4. The molecule has 0 amide bonds. The first-order valence-electron chi connectivity index (χ1n) is 5.60. The predicted molar refractivity (Wildman–Crippen MR) is 63.4 cm³/mol. The molecular weight excluding hydrogens is 224 g/mol. The van der Waals surface area contributed by atoms with Gasteiger partial charge >= 0.3 is 0 Å². The van der Waals surface area contributed by atoms with E-state index < -0.39 is 17.7 Å². The maximum atomic E-state index is 13.0. The molecular formula is C13H19F2NO. The van der Waals surface area contributed by atoms with Gasteiger partial charge in [-0.2, -0.15) is 0 Å². The second kappa shape index (κ2) is 5.10. The van der Waals surface area contributed by atoms with Crippen molar-refractivity contribution in [3.8, 4) is 0 Å². The van der Waals surface area contributed by atoms with Gasteiger partial charge in [0.25, 0.3) is 0 Å². The van der Waals surface area contributed by atoms with Gasteiger partial charge in [0.15, 0.2) is 11.6 Å². The fourth-order valence-corrected chi connectivity index (χ4v) is 1.45. The lowest BCUT2D eigenvalue weighted by atomic mass is 9.83. The van der Waals surface area contributed by atoms with Crippen LogP contribution in [0.2, 0.25) is 0 Å². The number of halogens is 2. The summed E-state index contributed by atoms with van der Waals surface area (Å²) < 4.78 is 25.7. The second-order valence-electron chi connectivity index (χ2n) is 5.40. The summed E-state index contributed by atoms with van der Waals surface area (Å²) in [4.78, 5) is 0. The van der Waals surface area contributed by atoms with Gasteiger partial charge in [-0.05, 0) is 29.5 Å². The van der Waals surface area contributed by atoms with Crippen LogP contribution in [0.3, 0.4) is 0 Å². The molecule has 96 valence electrons. The minimum atomic E-state index is -0.953. The van der Waals surface area contributed by atoms with Gasteiger partial charge in [0.05, 0.1) is 6.10 Å². The molecule has 0 unspecified atom stereocenters. The van der Waals surface area contributed by atoms with Crippen molar-refractivity contribution in [3.05, 3.63) is 35.4 Å². The summed E-state index contributed by atoms with van der Waals surface area (Å²) in [6, 6.07) is 3.18. The first kappa shape index (κ1) is 14.1. The molecule has 0 bridgehead atoms. The Kier molecular flexibility index (Phi) is 4.22. The third kappa shape index (κ3) is 3.75. The van der Waals surface area contributed by atoms with Crippen LogP contribution in [0.25, 0.3) is 0 Å². The van der Waals surface area contributed by atoms with Crippen LogP contribution in [-0.2, 0) is 0 Å². The molecule has 0 saturated carbocycles. The minimum Gasteiger partial charge on any atom is -0.388 e. The number of hydrogen-bond acceptors (Lipinski definition) is 2. The van der Waals surface area contributed by atoms with Crippen LogP contribution in [0, 0.1) is 17.0 Å². The maximum absolute atomic E-state index is 13.0. The normalized spacial score (nSPS) is 15.7. The van der Waals surface area contributed by atoms with Gasteiger partial charge in [-0.3, -0.25) is 0 Å². The van der Waals surface area contributed by atoms with E-state index in [0.717, 1.165) is 12.1 Å². The van der Waals surface area contributed by atoms with Gasteiger partial charge in [0.2, 0.25) is 0 Å². The maximum Gasteiger partial charge on any atom is 0.159 e. The summed E-state index contributed by atoms with van der Waals surface area (Å²) in [5, 5.41) is 9.90. The second-order valence-corrected chi connectivity index (χ2v) is 5.40. The Labute approximate surface area is 100 Å². The Hall–Kier alpha value is -1.00. The number of nitrogens with two attached hydrogens (primary N) is 1. The Morgan fingerprint density at radius 2 is 1.82 bits per heavy atom. The van der Waals surface area contributed by atoms with Crippen LogP contribution >= 0.6 is 0 Å². The summed E-state index contributed by atoms with van der Waals surface area (Å²) in [6.07, 6.45) is -0.562. The summed E-state index contributed by atoms with van der Waals surface area (Å²) in [7, 11) is 0. The Balaban J connectivity index is 2.76. The molecule has 4 heteroatoms. The van der Waals surface area contributed by atoms with E-state index in [2.05, 4.69) is 0 Å². The number of aliphatic hydroxyl groups is 1. The van der Waals surface area contributed by atoms with E-state index in [1.165, 1.54) is 6.07 Å². The molecule has 17 heavy (non-hydrogen) atoms. The molecule has 0 spiro atoms. The van der Waals surface area contributed by atoms with E-state index in [4.69, 9.17) is 5.73 Å². The largest absolute Gasteiger partial charge is 0.388 e. The molecule has 0 saturated heterocycles. The van der Waals surface area contributed by atoms with Crippen molar-refractivity contribution in [3.63, 3.8) is 0 Å². The lowest BCUT2D eigenvalue weighted by molar-refractivity contribution is 0.133. The van der Waals surface area contributed by atoms with E-state index in [1.807, 2.05) is 20.8 Å². The van der Waals surface area contributed by atoms with Crippen LogP contribution < -0.4 is 5.73 Å². The van der Waals surface area contributed by atoms with E-state index >= 15 is 0 Å². The molecule has 0 heterocycles. The van der Waals surface area contributed by atoms with Crippen molar-refractivity contribution in [1.82, 2.24) is 0 Å². The molecule has 0 aromatic heterocycles. The highest BCUT2D eigenvalue weighted by Gasteiger charge is 2.24. The molecule has 3 N–H and O–H groups in total.